The average Bonchev–Trinajstić information content (AvgIpc) is 2.45. The van der Waals surface area contributed by atoms with Crippen LogP contribution < -0.4 is 0 Å². The van der Waals surface area contributed by atoms with Gasteiger partial charge >= 0.3 is 5.97 Å². The van der Waals surface area contributed by atoms with Gasteiger partial charge in [0.2, 0.25) is 0 Å². The lowest BCUT2D eigenvalue weighted by atomic mass is 9.79. The second-order valence-corrected chi connectivity index (χ2v) is 10.4. The van der Waals surface area contributed by atoms with Crippen LogP contribution in [0, 0.1) is 0 Å². The second kappa shape index (κ2) is 7.81. The smallest absolute Gasteiger partial charge is 0.308 e. The maximum atomic E-state index is 11.4. The Bertz CT molecular complexity index is 620. The van der Waals surface area contributed by atoms with Crippen LogP contribution >= 0.6 is 11.8 Å². The first-order valence-corrected chi connectivity index (χ1v) is 10.2. The van der Waals surface area contributed by atoms with Gasteiger partial charge in [0.15, 0.2) is 0 Å². The second-order valence-electron chi connectivity index (χ2n) is 9.21. The number of carbonyl (C=O) groups excluding carboxylic acids is 1. The molecule has 0 aromatic heterocycles. The zero-order valence-corrected chi connectivity index (χ0v) is 17.6. The number of aliphatic hydroxyl groups excluding tert-OH is 1. The number of cyclic esters (lactones) is 1. The summed E-state index contributed by atoms with van der Waals surface area (Å²) in [5.74, 6) is 0.870. The molecular formula is C21H32O4S. The lowest BCUT2D eigenvalue weighted by Gasteiger charge is -2.28. The van der Waals surface area contributed by atoms with Crippen LogP contribution in [0.1, 0.15) is 71.9 Å². The fourth-order valence-electron chi connectivity index (χ4n) is 3.18. The number of aromatic hydroxyl groups is 1. The molecule has 5 heteroatoms. The number of aliphatic hydroxyl groups is 1. The number of phenols is 1. The number of hydrogen-bond acceptors (Lipinski definition) is 5. The van der Waals surface area contributed by atoms with Gasteiger partial charge in [-0.2, -0.15) is 0 Å². The highest BCUT2D eigenvalue weighted by Gasteiger charge is 2.28. The molecule has 1 unspecified atom stereocenters. The van der Waals surface area contributed by atoms with Gasteiger partial charge in [0.1, 0.15) is 11.9 Å². The van der Waals surface area contributed by atoms with Gasteiger partial charge in [-0.25, -0.2) is 0 Å². The van der Waals surface area contributed by atoms with Crippen LogP contribution in [-0.4, -0.2) is 34.1 Å². The molecule has 0 radical (unpaired) electrons. The Kier molecular flexibility index (Phi) is 6.34. The summed E-state index contributed by atoms with van der Waals surface area (Å²) >= 11 is 1.70. The van der Waals surface area contributed by atoms with Crippen molar-refractivity contribution in [3.63, 3.8) is 0 Å². The third-order valence-corrected chi connectivity index (χ3v) is 5.65. The number of benzene rings is 1. The Hall–Kier alpha value is -1.20. The molecule has 146 valence electrons. The average molecular weight is 381 g/mol. The van der Waals surface area contributed by atoms with E-state index >= 15 is 0 Å². The number of carbonyl (C=O) groups is 1. The Balaban J connectivity index is 2.15. The van der Waals surface area contributed by atoms with Gasteiger partial charge in [-0.15, -0.1) is 11.8 Å². The predicted molar refractivity (Wildman–Crippen MR) is 106 cm³/mol. The van der Waals surface area contributed by atoms with Crippen LogP contribution in [0.25, 0.3) is 0 Å². The van der Waals surface area contributed by atoms with Crippen LogP contribution in [0.15, 0.2) is 17.0 Å². The van der Waals surface area contributed by atoms with Crippen molar-refractivity contribution in [3.8, 4) is 5.75 Å². The van der Waals surface area contributed by atoms with E-state index < -0.39 is 6.10 Å². The normalized spacial score (nSPS) is 21.6. The Labute approximate surface area is 161 Å². The molecule has 1 aliphatic heterocycles. The van der Waals surface area contributed by atoms with E-state index in [0.29, 0.717) is 18.6 Å². The van der Waals surface area contributed by atoms with Gasteiger partial charge in [-0.05, 0) is 29.4 Å². The van der Waals surface area contributed by atoms with Gasteiger partial charge in [0, 0.05) is 28.2 Å². The zero-order valence-electron chi connectivity index (χ0n) is 16.8. The van der Waals surface area contributed by atoms with Crippen molar-refractivity contribution in [2.75, 3.05) is 5.75 Å². The fourth-order valence-corrected chi connectivity index (χ4v) is 4.20. The lowest BCUT2D eigenvalue weighted by Crippen LogP contribution is -2.32. The van der Waals surface area contributed by atoms with E-state index in [1.807, 2.05) is 0 Å². The van der Waals surface area contributed by atoms with Crippen LogP contribution in [0.5, 0.6) is 5.75 Å². The molecule has 0 amide bonds. The minimum atomic E-state index is -0.583. The monoisotopic (exact) mass is 380 g/mol. The molecule has 1 aromatic carbocycles. The summed E-state index contributed by atoms with van der Waals surface area (Å²) in [6, 6.07) is 4.13. The molecule has 1 aliphatic rings. The summed E-state index contributed by atoms with van der Waals surface area (Å²) in [4.78, 5) is 12.6. The largest absolute Gasteiger partial charge is 0.507 e. The number of thioether (sulfide) groups is 1. The Morgan fingerprint density at radius 1 is 1.12 bits per heavy atom. The summed E-state index contributed by atoms with van der Waals surface area (Å²) in [6.45, 7) is 12.6. The van der Waals surface area contributed by atoms with Crippen molar-refractivity contribution in [2.45, 2.75) is 88.7 Å². The van der Waals surface area contributed by atoms with Crippen molar-refractivity contribution in [3.05, 3.63) is 23.3 Å². The zero-order chi connectivity index (χ0) is 19.7. The molecule has 1 saturated heterocycles. The van der Waals surface area contributed by atoms with E-state index in [2.05, 4.69) is 53.7 Å². The van der Waals surface area contributed by atoms with Crippen LogP contribution in [-0.2, 0) is 20.4 Å². The standard InChI is InChI=1S/C21H32O4S/c1-20(2,3)16-11-15(12-17(19(16)24)21(4,5)6)26-8-7-14-9-13(22)10-18(23)25-14/h11-14,22,24H,7-10H2,1-6H3/t13-,14?/m0/s1. The molecule has 1 aromatic rings. The maximum Gasteiger partial charge on any atom is 0.308 e. The third kappa shape index (κ3) is 5.40. The van der Waals surface area contributed by atoms with E-state index in [0.717, 1.165) is 21.8 Å². The molecule has 0 bridgehead atoms. The first kappa shape index (κ1) is 21.1. The van der Waals surface area contributed by atoms with Crippen molar-refractivity contribution < 1.29 is 19.7 Å². The lowest BCUT2D eigenvalue weighted by molar-refractivity contribution is -0.159. The van der Waals surface area contributed by atoms with E-state index in [9.17, 15) is 15.0 Å². The van der Waals surface area contributed by atoms with Crippen LogP contribution in [0.3, 0.4) is 0 Å². The molecule has 2 rings (SSSR count). The van der Waals surface area contributed by atoms with Crippen LogP contribution in [0.2, 0.25) is 0 Å². The molecular weight excluding hydrogens is 348 g/mol. The first-order valence-electron chi connectivity index (χ1n) is 9.26. The number of rotatable bonds is 4. The van der Waals surface area contributed by atoms with Gasteiger partial charge in [-0.3, -0.25) is 4.79 Å². The fraction of sp³-hybridized carbons (Fsp3) is 0.667. The molecule has 4 nitrogen and oxygen atoms in total. The molecule has 0 spiro atoms. The van der Waals surface area contributed by atoms with E-state index in [4.69, 9.17) is 4.74 Å². The van der Waals surface area contributed by atoms with Gasteiger partial charge in [0.25, 0.3) is 0 Å². The summed E-state index contributed by atoms with van der Waals surface area (Å²) in [5.41, 5.74) is 1.60. The van der Waals surface area contributed by atoms with Gasteiger partial charge < -0.3 is 14.9 Å². The highest BCUT2D eigenvalue weighted by molar-refractivity contribution is 7.99. The number of hydrogen-bond donors (Lipinski definition) is 2. The molecule has 1 heterocycles. The first-order chi connectivity index (χ1) is 11.9. The van der Waals surface area contributed by atoms with Gasteiger partial charge in [-0.1, -0.05) is 41.5 Å². The van der Waals surface area contributed by atoms with Crippen LogP contribution in [0.4, 0.5) is 0 Å². The minimum absolute atomic E-state index is 0.103. The molecule has 2 N–H and O–H groups in total. The molecule has 0 aliphatic carbocycles. The topological polar surface area (TPSA) is 66.8 Å². The van der Waals surface area contributed by atoms with Crippen molar-refractivity contribution in [2.24, 2.45) is 0 Å². The summed E-state index contributed by atoms with van der Waals surface area (Å²) in [5, 5.41) is 20.5. The Morgan fingerprint density at radius 3 is 2.12 bits per heavy atom. The number of esters is 1. The van der Waals surface area contributed by atoms with Crippen molar-refractivity contribution >= 4 is 17.7 Å². The summed E-state index contributed by atoms with van der Waals surface area (Å²) in [7, 11) is 0. The molecule has 0 saturated carbocycles. The highest BCUT2D eigenvalue weighted by Crippen LogP contribution is 2.42. The quantitative estimate of drug-likeness (QED) is 0.593. The number of phenolic OH excluding ortho intramolecular Hbond substituents is 1. The third-order valence-electron chi connectivity index (χ3n) is 4.64. The van der Waals surface area contributed by atoms with E-state index in [1.54, 1.807) is 11.8 Å². The molecule has 2 atom stereocenters. The van der Waals surface area contributed by atoms with Crippen molar-refractivity contribution in [1.29, 1.82) is 0 Å². The predicted octanol–water partition coefficient (Wildman–Crippen LogP) is 4.54. The Morgan fingerprint density at radius 2 is 1.65 bits per heavy atom. The SMILES string of the molecule is CC(C)(C)c1cc(SCCC2C[C@H](O)CC(=O)O2)cc(C(C)(C)C)c1O. The highest BCUT2D eigenvalue weighted by atomic mass is 32.2. The van der Waals surface area contributed by atoms with Gasteiger partial charge in [0.05, 0.1) is 12.5 Å². The number of ether oxygens (including phenoxy) is 1. The van der Waals surface area contributed by atoms with E-state index in [1.165, 1.54) is 0 Å². The van der Waals surface area contributed by atoms with Crippen molar-refractivity contribution in [1.82, 2.24) is 0 Å². The molecule has 26 heavy (non-hydrogen) atoms. The summed E-state index contributed by atoms with van der Waals surface area (Å²) in [6.07, 6.45) is 0.540. The maximum absolute atomic E-state index is 11.4. The van der Waals surface area contributed by atoms with E-state index in [-0.39, 0.29) is 29.3 Å². The molecule has 1 fully saturated rings. The minimum Gasteiger partial charge on any atom is -0.507 e. The summed E-state index contributed by atoms with van der Waals surface area (Å²) < 4.78 is 5.32.